The monoisotopic (exact) mass is 214 g/mol. The lowest BCUT2D eigenvalue weighted by Crippen LogP contribution is -2.24. The van der Waals surface area contributed by atoms with Crippen molar-refractivity contribution in [3.63, 3.8) is 0 Å². The van der Waals surface area contributed by atoms with Gasteiger partial charge in [-0.1, -0.05) is 36.4 Å². The molecule has 0 aliphatic carbocycles. The van der Waals surface area contributed by atoms with Crippen LogP contribution in [0.3, 0.4) is 0 Å². The van der Waals surface area contributed by atoms with Crippen LogP contribution in [-0.2, 0) is 6.42 Å². The second kappa shape index (κ2) is 4.54. The zero-order valence-electron chi connectivity index (χ0n) is 9.68. The minimum Gasteiger partial charge on any atom is -0.758 e. The van der Waals surface area contributed by atoms with E-state index >= 15 is 0 Å². The molecule has 16 heavy (non-hydrogen) atoms. The highest BCUT2D eigenvalue weighted by atomic mass is 16.5. The summed E-state index contributed by atoms with van der Waals surface area (Å²) in [5.41, 5.74) is 3.61. The number of hydroxylamine groups is 2. The summed E-state index contributed by atoms with van der Waals surface area (Å²) in [6.07, 6.45) is 4.64. The van der Waals surface area contributed by atoms with E-state index in [-0.39, 0.29) is 6.04 Å². The molecule has 0 bridgehead atoms. The zero-order valence-corrected chi connectivity index (χ0v) is 9.68. The van der Waals surface area contributed by atoms with Crippen molar-refractivity contribution in [3.8, 4) is 0 Å². The fourth-order valence-corrected chi connectivity index (χ4v) is 1.90. The largest absolute Gasteiger partial charge is 0.758 e. The molecule has 0 saturated heterocycles. The average Bonchev–Trinajstić information content (AvgIpc) is 2.27. The Labute approximate surface area is 96.5 Å². The second-order valence-electron chi connectivity index (χ2n) is 4.27. The third kappa shape index (κ3) is 2.34. The highest BCUT2D eigenvalue weighted by Crippen LogP contribution is 2.22. The first kappa shape index (κ1) is 11.0. The van der Waals surface area contributed by atoms with E-state index in [4.69, 9.17) is 0 Å². The minimum atomic E-state index is -0.0533. The lowest BCUT2D eigenvalue weighted by molar-refractivity contribution is 0.442. The van der Waals surface area contributed by atoms with E-state index in [0.717, 1.165) is 17.1 Å². The maximum atomic E-state index is 11.4. The van der Waals surface area contributed by atoms with Crippen molar-refractivity contribution < 1.29 is 0 Å². The van der Waals surface area contributed by atoms with Gasteiger partial charge in [0.25, 0.3) is 0 Å². The summed E-state index contributed by atoms with van der Waals surface area (Å²) in [4.78, 5) is 0. The molecule has 0 amide bonds. The molecule has 0 radical (unpaired) electrons. The molecule has 2 heteroatoms. The molecule has 1 unspecified atom stereocenters. The molecule has 0 fully saturated rings. The Hall–Kier alpha value is -1.54. The van der Waals surface area contributed by atoms with Crippen LogP contribution in [0.2, 0.25) is 0 Å². The van der Waals surface area contributed by atoms with Gasteiger partial charge in [-0.2, -0.15) is 0 Å². The second-order valence-corrected chi connectivity index (χ2v) is 4.27. The molecule has 0 aromatic heterocycles. The third-order valence-electron chi connectivity index (χ3n) is 2.91. The van der Waals surface area contributed by atoms with Crippen molar-refractivity contribution in [3.05, 3.63) is 64.5 Å². The predicted molar refractivity (Wildman–Crippen MR) is 66.7 cm³/mol. The molecule has 1 atom stereocenters. The van der Waals surface area contributed by atoms with Crippen molar-refractivity contribution in [1.29, 1.82) is 0 Å². The first-order valence-electron chi connectivity index (χ1n) is 5.55. The topological polar surface area (TPSA) is 26.3 Å². The van der Waals surface area contributed by atoms with E-state index in [1.807, 2.05) is 32.0 Å². The highest BCUT2D eigenvalue weighted by Gasteiger charge is 2.10. The molecule has 0 N–H and O–H groups in total. The normalized spacial score (nSPS) is 20.4. The fraction of sp³-hybridized carbons (Fsp3) is 0.286. The van der Waals surface area contributed by atoms with Gasteiger partial charge in [0.15, 0.2) is 0 Å². The Kier molecular flexibility index (Phi) is 3.11. The Morgan fingerprint density at radius 1 is 1.25 bits per heavy atom. The van der Waals surface area contributed by atoms with Gasteiger partial charge in [-0.15, -0.1) is 0 Å². The minimum absolute atomic E-state index is 0.0533. The number of rotatable bonds is 2. The van der Waals surface area contributed by atoms with Crippen molar-refractivity contribution in [2.24, 2.45) is 0 Å². The predicted octanol–water partition coefficient (Wildman–Crippen LogP) is 3.26. The molecule has 2 nitrogen and oxygen atoms in total. The first-order chi connectivity index (χ1) is 7.66. The summed E-state index contributed by atoms with van der Waals surface area (Å²) < 4.78 is 0. The van der Waals surface area contributed by atoms with E-state index in [2.05, 4.69) is 18.2 Å². The third-order valence-corrected chi connectivity index (χ3v) is 2.91. The van der Waals surface area contributed by atoms with Gasteiger partial charge >= 0.3 is 0 Å². The lowest BCUT2D eigenvalue weighted by atomic mass is 9.96. The van der Waals surface area contributed by atoms with Crippen LogP contribution in [0, 0.1) is 5.21 Å². The molecular weight excluding hydrogens is 198 g/mol. The number of hydrogen-bond acceptors (Lipinski definition) is 2. The summed E-state index contributed by atoms with van der Waals surface area (Å²) in [5, 5.41) is 12.4. The van der Waals surface area contributed by atoms with Gasteiger partial charge in [-0.3, -0.25) is 0 Å². The van der Waals surface area contributed by atoms with Gasteiger partial charge in [-0.05, 0) is 43.2 Å². The number of benzene rings is 1. The SMILES string of the molecule is CC1=CN([O-])C(C)C=C1Cc1ccccc1. The van der Waals surface area contributed by atoms with E-state index in [0.29, 0.717) is 0 Å². The van der Waals surface area contributed by atoms with Crippen LogP contribution >= 0.6 is 0 Å². The van der Waals surface area contributed by atoms with Crippen molar-refractivity contribution in [1.82, 2.24) is 5.06 Å². The lowest BCUT2D eigenvalue weighted by Gasteiger charge is -2.36. The molecule has 0 saturated carbocycles. The Bertz CT molecular complexity index is 420. The summed E-state index contributed by atoms with van der Waals surface area (Å²) in [7, 11) is 0. The Morgan fingerprint density at radius 3 is 2.62 bits per heavy atom. The number of allylic oxidation sites excluding steroid dienone is 2. The molecule has 1 aromatic rings. The van der Waals surface area contributed by atoms with Crippen molar-refractivity contribution in [2.45, 2.75) is 26.3 Å². The molecule has 1 heterocycles. The van der Waals surface area contributed by atoms with E-state index in [9.17, 15) is 5.21 Å². The first-order valence-corrected chi connectivity index (χ1v) is 5.55. The summed E-state index contributed by atoms with van der Waals surface area (Å²) >= 11 is 0. The van der Waals surface area contributed by atoms with E-state index in [1.165, 1.54) is 11.1 Å². The summed E-state index contributed by atoms with van der Waals surface area (Å²) in [5.74, 6) is 0. The quantitative estimate of drug-likeness (QED) is 0.755. The maximum absolute atomic E-state index is 11.4. The fourth-order valence-electron chi connectivity index (χ4n) is 1.90. The molecule has 2 rings (SSSR count). The van der Waals surface area contributed by atoms with E-state index < -0.39 is 0 Å². The zero-order chi connectivity index (χ0) is 11.5. The van der Waals surface area contributed by atoms with E-state index in [1.54, 1.807) is 6.20 Å². The van der Waals surface area contributed by atoms with Crippen LogP contribution in [0.1, 0.15) is 19.4 Å². The molecule has 1 aliphatic heterocycles. The average molecular weight is 214 g/mol. The summed E-state index contributed by atoms with van der Waals surface area (Å²) in [6.45, 7) is 3.91. The van der Waals surface area contributed by atoms with Crippen molar-refractivity contribution in [2.75, 3.05) is 0 Å². The van der Waals surface area contributed by atoms with Gasteiger partial charge < -0.3 is 10.3 Å². The number of nitrogens with zero attached hydrogens (tertiary/aromatic N) is 1. The number of hydrogen-bond donors (Lipinski definition) is 0. The van der Waals surface area contributed by atoms with Crippen molar-refractivity contribution >= 4 is 0 Å². The molecular formula is C14H16NO-. The molecule has 1 aliphatic rings. The van der Waals surface area contributed by atoms with Crippen LogP contribution in [0.25, 0.3) is 0 Å². The van der Waals surface area contributed by atoms with Gasteiger partial charge in [0, 0.05) is 6.04 Å². The summed E-state index contributed by atoms with van der Waals surface area (Å²) in [6, 6.07) is 10.3. The standard InChI is InChI=1S/C14H16NO/c1-11-10-15(16)12(2)8-14(11)9-13-6-4-3-5-7-13/h3-8,10,12H,9H2,1-2H3/q-1. The smallest absolute Gasteiger partial charge is 0.0333 e. The van der Waals surface area contributed by atoms with Gasteiger partial charge in [0.1, 0.15) is 0 Å². The van der Waals surface area contributed by atoms with Crippen LogP contribution in [-0.4, -0.2) is 11.1 Å². The van der Waals surface area contributed by atoms with Crippen LogP contribution in [0.4, 0.5) is 0 Å². The molecule has 84 valence electrons. The molecule has 0 spiro atoms. The van der Waals surface area contributed by atoms with Gasteiger partial charge in [-0.25, -0.2) is 0 Å². The highest BCUT2D eigenvalue weighted by molar-refractivity contribution is 5.38. The Morgan fingerprint density at radius 2 is 1.94 bits per heavy atom. The Balaban J connectivity index is 2.17. The van der Waals surface area contributed by atoms with Crippen LogP contribution < -0.4 is 0 Å². The van der Waals surface area contributed by atoms with Gasteiger partial charge in [0.05, 0.1) is 0 Å². The van der Waals surface area contributed by atoms with Crippen LogP contribution in [0.15, 0.2) is 53.8 Å². The van der Waals surface area contributed by atoms with Crippen LogP contribution in [0.5, 0.6) is 0 Å². The maximum Gasteiger partial charge on any atom is 0.0333 e. The van der Waals surface area contributed by atoms with Gasteiger partial charge in [0.2, 0.25) is 0 Å². The molecule has 1 aromatic carbocycles.